The molecule has 1 heterocycles. The van der Waals surface area contributed by atoms with Crippen molar-refractivity contribution in [1.29, 1.82) is 0 Å². The van der Waals surface area contributed by atoms with E-state index in [-0.39, 0.29) is 11.9 Å². The summed E-state index contributed by atoms with van der Waals surface area (Å²) in [5.41, 5.74) is 5.83. The van der Waals surface area contributed by atoms with Gasteiger partial charge in [-0.05, 0) is 33.9 Å². The van der Waals surface area contributed by atoms with E-state index < -0.39 is 0 Å². The fourth-order valence-corrected chi connectivity index (χ4v) is 2.23. The summed E-state index contributed by atoms with van der Waals surface area (Å²) in [6, 6.07) is 0.520. The van der Waals surface area contributed by atoms with Crippen molar-refractivity contribution in [3.63, 3.8) is 0 Å². The molecular formula is C12H26N4O. The molecule has 5 heteroatoms. The van der Waals surface area contributed by atoms with Gasteiger partial charge in [0.05, 0.1) is 6.54 Å². The number of likely N-dealkylation sites (N-methyl/N-ethyl adjacent to an activating group) is 1. The highest BCUT2D eigenvalue weighted by atomic mass is 16.2. The quantitative estimate of drug-likeness (QED) is 0.681. The van der Waals surface area contributed by atoms with Gasteiger partial charge in [0.2, 0.25) is 5.91 Å². The lowest BCUT2D eigenvalue weighted by atomic mass is 10.1. The Kier molecular flexibility index (Phi) is 5.88. The summed E-state index contributed by atoms with van der Waals surface area (Å²) in [4.78, 5) is 16.0. The standard InChI is InChI=1S/C12H26N4O/c1-10(8-15(2)3)14-12(17)9-16-6-4-11(13)5-7-16/h10-11H,4-9,13H2,1-3H3,(H,14,17). The number of hydrogen-bond donors (Lipinski definition) is 2. The number of rotatable bonds is 5. The Bertz CT molecular complexity index is 237. The molecule has 1 aliphatic heterocycles. The maximum atomic E-state index is 11.8. The molecule has 1 unspecified atom stereocenters. The molecule has 3 N–H and O–H groups in total. The molecule has 0 aliphatic carbocycles. The second kappa shape index (κ2) is 6.93. The fourth-order valence-electron chi connectivity index (χ4n) is 2.23. The van der Waals surface area contributed by atoms with Crippen LogP contribution in [0.15, 0.2) is 0 Å². The maximum absolute atomic E-state index is 11.8. The van der Waals surface area contributed by atoms with Gasteiger partial charge >= 0.3 is 0 Å². The summed E-state index contributed by atoms with van der Waals surface area (Å²) >= 11 is 0. The molecule has 1 saturated heterocycles. The second-order valence-corrected chi connectivity index (χ2v) is 5.34. The van der Waals surface area contributed by atoms with E-state index in [0.717, 1.165) is 32.5 Å². The van der Waals surface area contributed by atoms with Crippen molar-refractivity contribution in [2.75, 3.05) is 40.3 Å². The van der Waals surface area contributed by atoms with Crippen molar-refractivity contribution in [2.24, 2.45) is 5.73 Å². The van der Waals surface area contributed by atoms with Crippen LogP contribution in [0.5, 0.6) is 0 Å². The van der Waals surface area contributed by atoms with Crippen LogP contribution in [0.3, 0.4) is 0 Å². The molecule has 5 nitrogen and oxygen atoms in total. The molecule has 1 fully saturated rings. The van der Waals surface area contributed by atoms with Crippen LogP contribution in [-0.2, 0) is 4.79 Å². The lowest BCUT2D eigenvalue weighted by molar-refractivity contribution is -0.123. The van der Waals surface area contributed by atoms with Crippen LogP contribution in [0.1, 0.15) is 19.8 Å². The van der Waals surface area contributed by atoms with Crippen LogP contribution in [-0.4, -0.2) is 68.1 Å². The molecule has 1 rings (SSSR count). The second-order valence-electron chi connectivity index (χ2n) is 5.34. The minimum Gasteiger partial charge on any atom is -0.351 e. The summed E-state index contributed by atoms with van der Waals surface area (Å²) in [7, 11) is 4.02. The molecule has 1 aliphatic rings. The first kappa shape index (κ1) is 14.4. The number of carbonyl (C=O) groups excluding carboxylic acids is 1. The number of nitrogens with two attached hydrogens (primary N) is 1. The normalized spacial score (nSPS) is 20.5. The average Bonchev–Trinajstić information content (AvgIpc) is 2.19. The molecule has 0 spiro atoms. The molecule has 0 saturated carbocycles. The molecular weight excluding hydrogens is 216 g/mol. The van der Waals surface area contributed by atoms with Crippen LogP contribution < -0.4 is 11.1 Å². The van der Waals surface area contributed by atoms with E-state index in [4.69, 9.17) is 5.73 Å². The Hall–Kier alpha value is -0.650. The number of nitrogens with one attached hydrogen (secondary N) is 1. The third-order valence-electron chi connectivity index (χ3n) is 3.05. The first-order valence-corrected chi connectivity index (χ1v) is 6.39. The minimum atomic E-state index is 0.120. The molecule has 1 amide bonds. The maximum Gasteiger partial charge on any atom is 0.234 e. The molecule has 0 aromatic carbocycles. The first-order valence-electron chi connectivity index (χ1n) is 6.39. The number of amides is 1. The van der Waals surface area contributed by atoms with Crippen molar-refractivity contribution < 1.29 is 4.79 Å². The van der Waals surface area contributed by atoms with Crippen molar-refractivity contribution in [1.82, 2.24) is 15.1 Å². The van der Waals surface area contributed by atoms with Gasteiger partial charge in [0.15, 0.2) is 0 Å². The van der Waals surface area contributed by atoms with Gasteiger partial charge in [0, 0.05) is 31.7 Å². The van der Waals surface area contributed by atoms with Gasteiger partial charge in [-0.15, -0.1) is 0 Å². The zero-order valence-electron chi connectivity index (χ0n) is 11.3. The van der Waals surface area contributed by atoms with E-state index in [0.29, 0.717) is 12.6 Å². The molecule has 0 bridgehead atoms. The Morgan fingerprint density at radius 3 is 2.59 bits per heavy atom. The molecule has 0 aromatic rings. The highest BCUT2D eigenvalue weighted by molar-refractivity contribution is 5.78. The lowest BCUT2D eigenvalue weighted by Gasteiger charge is -2.30. The SMILES string of the molecule is CC(CN(C)C)NC(=O)CN1CCC(N)CC1. The minimum absolute atomic E-state index is 0.120. The van der Waals surface area contributed by atoms with Crippen molar-refractivity contribution in [3.8, 4) is 0 Å². The third-order valence-corrected chi connectivity index (χ3v) is 3.05. The van der Waals surface area contributed by atoms with Crippen LogP contribution in [0.4, 0.5) is 0 Å². The number of carbonyl (C=O) groups is 1. The predicted molar refractivity (Wildman–Crippen MR) is 69.8 cm³/mol. The van der Waals surface area contributed by atoms with Crippen LogP contribution >= 0.6 is 0 Å². The molecule has 0 aromatic heterocycles. The summed E-state index contributed by atoms with van der Waals surface area (Å²) in [5.74, 6) is 0.120. The molecule has 1 atom stereocenters. The number of likely N-dealkylation sites (tertiary alicyclic amines) is 1. The zero-order valence-corrected chi connectivity index (χ0v) is 11.3. The Morgan fingerprint density at radius 2 is 2.06 bits per heavy atom. The smallest absolute Gasteiger partial charge is 0.234 e. The van der Waals surface area contributed by atoms with E-state index >= 15 is 0 Å². The van der Waals surface area contributed by atoms with E-state index in [1.807, 2.05) is 21.0 Å². The predicted octanol–water partition coefficient (Wildman–Crippen LogP) is -0.524. The lowest BCUT2D eigenvalue weighted by Crippen LogP contribution is -2.47. The largest absolute Gasteiger partial charge is 0.351 e. The van der Waals surface area contributed by atoms with Crippen LogP contribution in [0.25, 0.3) is 0 Å². The summed E-state index contributed by atoms with van der Waals surface area (Å²) < 4.78 is 0. The molecule has 100 valence electrons. The van der Waals surface area contributed by atoms with E-state index in [1.165, 1.54) is 0 Å². The average molecular weight is 242 g/mol. The zero-order chi connectivity index (χ0) is 12.8. The van der Waals surface area contributed by atoms with Crippen molar-refractivity contribution in [2.45, 2.75) is 31.8 Å². The number of piperidine rings is 1. The van der Waals surface area contributed by atoms with Crippen LogP contribution in [0, 0.1) is 0 Å². The van der Waals surface area contributed by atoms with Gasteiger partial charge in [-0.2, -0.15) is 0 Å². The van der Waals surface area contributed by atoms with Gasteiger partial charge < -0.3 is 16.0 Å². The first-order chi connectivity index (χ1) is 7.97. The van der Waals surface area contributed by atoms with E-state index in [1.54, 1.807) is 0 Å². The van der Waals surface area contributed by atoms with Crippen molar-refractivity contribution in [3.05, 3.63) is 0 Å². The van der Waals surface area contributed by atoms with Gasteiger partial charge in [-0.1, -0.05) is 0 Å². The highest BCUT2D eigenvalue weighted by Crippen LogP contribution is 2.07. The monoisotopic (exact) mass is 242 g/mol. The van der Waals surface area contributed by atoms with Gasteiger partial charge in [0.1, 0.15) is 0 Å². The van der Waals surface area contributed by atoms with E-state index in [9.17, 15) is 4.79 Å². The summed E-state index contributed by atoms with van der Waals surface area (Å²) in [6.07, 6.45) is 2.00. The van der Waals surface area contributed by atoms with Crippen molar-refractivity contribution >= 4 is 5.91 Å². The fraction of sp³-hybridized carbons (Fsp3) is 0.917. The highest BCUT2D eigenvalue weighted by Gasteiger charge is 2.18. The number of hydrogen-bond acceptors (Lipinski definition) is 4. The van der Waals surface area contributed by atoms with Crippen LogP contribution in [0.2, 0.25) is 0 Å². The number of nitrogens with zero attached hydrogens (tertiary/aromatic N) is 2. The summed E-state index contributed by atoms with van der Waals surface area (Å²) in [5, 5.41) is 3.02. The molecule has 0 radical (unpaired) electrons. The third kappa shape index (κ3) is 6.00. The van der Waals surface area contributed by atoms with Gasteiger partial charge in [-0.25, -0.2) is 0 Å². The molecule has 17 heavy (non-hydrogen) atoms. The van der Waals surface area contributed by atoms with E-state index in [2.05, 4.69) is 15.1 Å². The van der Waals surface area contributed by atoms with Gasteiger partial charge in [-0.3, -0.25) is 9.69 Å². The Labute approximate surface area is 104 Å². The Balaban J connectivity index is 2.20. The van der Waals surface area contributed by atoms with Gasteiger partial charge in [0.25, 0.3) is 0 Å². The Morgan fingerprint density at radius 1 is 1.47 bits per heavy atom. The summed E-state index contributed by atoms with van der Waals surface area (Å²) in [6.45, 7) is 5.29. The topological polar surface area (TPSA) is 61.6 Å².